The van der Waals surface area contributed by atoms with Crippen LogP contribution in [0.4, 0.5) is 5.69 Å². The van der Waals surface area contributed by atoms with E-state index in [9.17, 15) is 10.1 Å². The van der Waals surface area contributed by atoms with E-state index in [-0.39, 0.29) is 12.3 Å². The van der Waals surface area contributed by atoms with Gasteiger partial charge in [-0.3, -0.25) is 10.1 Å². The number of nitrogens with zero attached hydrogens (tertiary/aromatic N) is 3. The number of aryl methyl sites for hydroxylation is 1. The van der Waals surface area contributed by atoms with Gasteiger partial charge in [0.1, 0.15) is 12.4 Å². The lowest BCUT2D eigenvalue weighted by atomic mass is 10.2. The van der Waals surface area contributed by atoms with Crippen LogP contribution in [0.25, 0.3) is 11.5 Å². The average molecular weight is 311 g/mol. The summed E-state index contributed by atoms with van der Waals surface area (Å²) in [5.74, 6) is 1.54. The van der Waals surface area contributed by atoms with E-state index in [4.69, 9.17) is 9.26 Å². The normalized spacial score (nSPS) is 10.5. The van der Waals surface area contributed by atoms with Crippen LogP contribution in [0.15, 0.2) is 53.1 Å². The first-order valence-corrected chi connectivity index (χ1v) is 6.89. The number of para-hydroxylation sites is 1. The van der Waals surface area contributed by atoms with Crippen LogP contribution in [0.1, 0.15) is 11.4 Å². The minimum Gasteiger partial charge on any atom is -0.488 e. The number of ether oxygens (including phenoxy) is 1. The van der Waals surface area contributed by atoms with Gasteiger partial charge in [-0.1, -0.05) is 17.3 Å². The molecule has 2 aromatic carbocycles. The molecule has 0 atom stereocenters. The molecule has 0 saturated heterocycles. The van der Waals surface area contributed by atoms with Crippen LogP contribution < -0.4 is 4.74 Å². The number of non-ortho nitro benzene ring substituents is 1. The molecule has 1 aromatic heterocycles. The van der Waals surface area contributed by atoms with Gasteiger partial charge in [0.05, 0.1) is 10.5 Å². The van der Waals surface area contributed by atoms with E-state index < -0.39 is 4.92 Å². The fourth-order valence-electron chi connectivity index (χ4n) is 2.05. The first kappa shape index (κ1) is 14.7. The van der Waals surface area contributed by atoms with E-state index >= 15 is 0 Å². The van der Waals surface area contributed by atoms with Gasteiger partial charge in [0, 0.05) is 12.1 Å². The van der Waals surface area contributed by atoms with E-state index in [0.29, 0.717) is 23.0 Å². The molecule has 0 fully saturated rings. The van der Waals surface area contributed by atoms with Gasteiger partial charge < -0.3 is 9.26 Å². The number of rotatable bonds is 5. The minimum atomic E-state index is -0.433. The predicted molar refractivity (Wildman–Crippen MR) is 81.9 cm³/mol. The van der Waals surface area contributed by atoms with Crippen LogP contribution in [0.5, 0.6) is 5.75 Å². The second-order valence-corrected chi connectivity index (χ2v) is 4.86. The summed E-state index contributed by atoms with van der Waals surface area (Å²) >= 11 is 0. The van der Waals surface area contributed by atoms with Gasteiger partial charge in [-0.25, -0.2) is 0 Å². The molecule has 3 rings (SSSR count). The Labute approximate surface area is 131 Å². The number of aromatic nitrogens is 2. The smallest absolute Gasteiger partial charge is 0.269 e. The number of hydrogen-bond acceptors (Lipinski definition) is 6. The number of nitro groups is 1. The molecule has 7 heteroatoms. The molecule has 0 bridgehead atoms. The average Bonchev–Trinajstić information content (AvgIpc) is 3.00. The van der Waals surface area contributed by atoms with E-state index in [1.807, 2.05) is 18.2 Å². The molecule has 116 valence electrons. The number of nitro benzene ring substituents is 1. The molecule has 0 aliphatic rings. The lowest BCUT2D eigenvalue weighted by molar-refractivity contribution is -0.384. The molecule has 0 spiro atoms. The van der Waals surface area contributed by atoms with Gasteiger partial charge in [-0.15, -0.1) is 0 Å². The van der Waals surface area contributed by atoms with Crippen LogP contribution >= 0.6 is 0 Å². The summed E-state index contributed by atoms with van der Waals surface area (Å²) in [5, 5.41) is 14.4. The second-order valence-electron chi connectivity index (χ2n) is 4.86. The first-order valence-electron chi connectivity index (χ1n) is 6.89. The molecular formula is C16H13N3O4. The third kappa shape index (κ3) is 3.34. The molecule has 0 saturated carbocycles. The van der Waals surface area contributed by atoms with Gasteiger partial charge in [-0.05, 0) is 36.8 Å². The van der Waals surface area contributed by atoms with Crippen molar-refractivity contribution < 1.29 is 14.2 Å². The molecule has 0 amide bonds. The van der Waals surface area contributed by atoms with Gasteiger partial charge in [0.25, 0.3) is 11.6 Å². The fourth-order valence-corrected chi connectivity index (χ4v) is 2.05. The van der Waals surface area contributed by atoms with Crippen LogP contribution in [0.3, 0.4) is 0 Å². The van der Waals surface area contributed by atoms with Crippen LogP contribution in [-0.4, -0.2) is 15.1 Å². The SMILES string of the molecule is Cc1noc(-c2ccccc2OCc2ccc([N+](=O)[O-])cc2)n1. The first-order chi connectivity index (χ1) is 11.1. The lowest BCUT2D eigenvalue weighted by Gasteiger charge is -2.09. The Morgan fingerprint density at radius 1 is 1.17 bits per heavy atom. The monoisotopic (exact) mass is 311 g/mol. The van der Waals surface area contributed by atoms with Crippen molar-refractivity contribution in [2.75, 3.05) is 0 Å². The Bertz CT molecular complexity index is 827. The van der Waals surface area contributed by atoms with Crippen LogP contribution in [-0.2, 0) is 6.61 Å². The Kier molecular flexibility index (Phi) is 4.01. The zero-order valence-electron chi connectivity index (χ0n) is 12.3. The molecule has 0 radical (unpaired) electrons. The molecule has 7 nitrogen and oxygen atoms in total. The third-order valence-electron chi connectivity index (χ3n) is 3.19. The highest BCUT2D eigenvalue weighted by molar-refractivity contribution is 5.62. The van der Waals surface area contributed by atoms with Crippen LogP contribution in [0.2, 0.25) is 0 Å². The van der Waals surface area contributed by atoms with Gasteiger partial charge in [0.15, 0.2) is 5.82 Å². The number of hydrogen-bond donors (Lipinski definition) is 0. The molecule has 23 heavy (non-hydrogen) atoms. The van der Waals surface area contributed by atoms with E-state index in [0.717, 1.165) is 5.56 Å². The Balaban J connectivity index is 1.77. The minimum absolute atomic E-state index is 0.0514. The summed E-state index contributed by atoms with van der Waals surface area (Å²) in [5.41, 5.74) is 1.58. The Morgan fingerprint density at radius 3 is 2.57 bits per heavy atom. The summed E-state index contributed by atoms with van der Waals surface area (Å²) in [6.45, 7) is 2.02. The second kappa shape index (κ2) is 6.27. The van der Waals surface area contributed by atoms with Crippen LogP contribution in [0, 0.1) is 17.0 Å². The third-order valence-corrected chi connectivity index (χ3v) is 3.19. The summed E-state index contributed by atoms with van der Waals surface area (Å²) in [6, 6.07) is 13.6. The molecule has 0 aliphatic heterocycles. The van der Waals surface area contributed by atoms with Gasteiger partial charge >= 0.3 is 0 Å². The molecule has 1 heterocycles. The van der Waals surface area contributed by atoms with E-state index in [1.165, 1.54) is 12.1 Å². The topological polar surface area (TPSA) is 91.3 Å². The Hall–Kier alpha value is -3.22. The Morgan fingerprint density at radius 2 is 1.91 bits per heavy atom. The van der Waals surface area contributed by atoms with Crippen molar-refractivity contribution in [3.05, 3.63) is 70.0 Å². The van der Waals surface area contributed by atoms with Gasteiger partial charge in [-0.2, -0.15) is 4.98 Å². The van der Waals surface area contributed by atoms with Crippen molar-refractivity contribution in [1.29, 1.82) is 0 Å². The van der Waals surface area contributed by atoms with Crippen molar-refractivity contribution in [2.24, 2.45) is 0 Å². The molecule has 0 aliphatic carbocycles. The van der Waals surface area contributed by atoms with Crippen molar-refractivity contribution in [1.82, 2.24) is 10.1 Å². The highest BCUT2D eigenvalue weighted by Crippen LogP contribution is 2.29. The standard InChI is InChI=1S/C16H13N3O4/c1-11-17-16(23-18-11)14-4-2-3-5-15(14)22-10-12-6-8-13(9-7-12)19(20)21/h2-9H,10H2,1H3. The van der Waals surface area contributed by atoms with Crippen molar-refractivity contribution >= 4 is 5.69 Å². The van der Waals surface area contributed by atoms with E-state index in [1.54, 1.807) is 25.1 Å². The highest BCUT2D eigenvalue weighted by atomic mass is 16.6. The largest absolute Gasteiger partial charge is 0.488 e. The maximum Gasteiger partial charge on any atom is 0.269 e. The quantitative estimate of drug-likeness (QED) is 0.528. The molecular weight excluding hydrogens is 298 g/mol. The molecule has 3 aromatic rings. The summed E-state index contributed by atoms with van der Waals surface area (Å²) in [7, 11) is 0. The fraction of sp³-hybridized carbons (Fsp3) is 0.125. The van der Waals surface area contributed by atoms with Crippen molar-refractivity contribution in [3.63, 3.8) is 0 Å². The maximum absolute atomic E-state index is 10.6. The maximum atomic E-state index is 10.6. The zero-order chi connectivity index (χ0) is 16.2. The molecule has 0 N–H and O–H groups in total. The van der Waals surface area contributed by atoms with Crippen molar-refractivity contribution in [3.8, 4) is 17.2 Å². The van der Waals surface area contributed by atoms with Gasteiger partial charge in [0.2, 0.25) is 0 Å². The van der Waals surface area contributed by atoms with E-state index in [2.05, 4.69) is 10.1 Å². The summed E-state index contributed by atoms with van der Waals surface area (Å²) in [6.07, 6.45) is 0. The predicted octanol–water partition coefficient (Wildman–Crippen LogP) is 3.53. The zero-order valence-corrected chi connectivity index (χ0v) is 12.3. The number of benzene rings is 2. The molecule has 0 unspecified atom stereocenters. The lowest BCUT2D eigenvalue weighted by Crippen LogP contribution is -1.97. The summed E-state index contributed by atoms with van der Waals surface area (Å²) < 4.78 is 11.0. The summed E-state index contributed by atoms with van der Waals surface area (Å²) in [4.78, 5) is 14.4. The highest BCUT2D eigenvalue weighted by Gasteiger charge is 2.12. The van der Waals surface area contributed by atoms with Crippen molar-refractivity contribution in [2.45, 2.75) is 13.5 Å².